The molecule has 3 rings (SSSR count). The summed E-state index contributed by atoms with van der Waals surface area (Å²) in [4.78, 5) is 14.9. The fraction of sp³-hybridized carbons (Fsp3) is 0.667. The van der Waals surface area contributed by atoms with Gasteiger partial charge >= 0.3 is 0 Å². The lowest BCUT2D eigenvalue weighted by Gasteiger charge is -2.38. The number of nitrogens with zero attached hydrogens (tertiary/aromatic N) is 1. The van der Waals surface area contributed by atoms with Crippen molar-refractivity contribution >= 4 is 5.91 Å². The first-order chi connectivity index (χ1) is 12.1. The number of rotatable bonds is 5. The van der Waals surface area contributed by atoms with Gasteiger partial charge in [0.25, 0.3) is 0 Å². The van der Waals surface area contributed by atoms with Crippen LogP contribution in [0.15, 0.2) is 24.3 Å². The Hall–Kier alpha value is -1.39. The molecule has 1 aromatic carbocycles. The molecule has 0 spiro atoms. The Morgan fingerprint density at radius 3 is 2.96 bits per heavy atom. The number of likely N-dealkylation sites (tertiary alicyclic amines) is 1. The maximum Gasteiger partial charge on any atom is 0.234 e. The fourth-order valence-electron chi connectivity index (χ4n) is 4.27. The van der Waals surface area contributed by atoms with E-state index in [-0.39, 0.29) is 5.91 Å². The number of piperidine rings is 2. The number of carbonyl (C=O) groups excluding carboxylic acids is 1. The van der Waals surface area contributed by atoms with E-state index >= 15 is 0 Å². The molecule has 3 atom stereocenters. The molecule has 1 unspecified atom stereocenters. The van der Waals surface area contributed by atoms with E-state index in [1.165, 1.54) is 30.4 Å². The zero-order chi connectivity index (χ0) is 17.6. The van der Waals surface area contributed by atoms with Crippen molar-refractivity contribution in [1.82, 2.24) is 15.5 Å². The Kier molecular flexibility index (Phi) is 6.49. The molecule has 2 fully saturated rings. The normalized spacial score (nSPS) is 27.8. The van der Waals surface area contributed by atoms with E-state index in [0.717, 1.165) is 32.6 Å². The molecule has 0 aliphatic carbocycles. The van der Waals surface area contributed by atoms with Crippen LogP contribution in [0.5, 0.6) is 0 Å². The quantitative estimate of drug-likeness (QED) is 0.864. The smallest absolute Gasteiger partial charge is 0.234 e. The maximum absolute atomic E-state index is 12.5. The highest BCUT2D eigenvalue weighted by molar-refractivity contribution is 5.78. The number of hydrogen-bond donors (Lipinski definition) is 2. The highest BCUT2D eigenvalue weighted by atomic mass is 16.2. The van der Waals surface area contributed by atoms with E-state index in [9.17, 15) is 4.79 Å². The second-order valence-electron chi connectivity index (χ2n) is 8.06. The second-order valence-corrected chi connectivity index (χ2v) is 8.06. The lowest BCUT2D eigenvalue weighted by Crippen LogP contribution is -2.45. The standard InChI is InChI=1S/C21H33N3O/c1-16-5-3-7-19(11-16)20-9-8-17(2)14-24(20)15-21(25)23-13-18-6-4-10-22-12-18/h3,5,7,11,17-18,20,22H,4,6,8-10,12-15H2,1-2H3,(H,23,25)/t17-,18?,20+/m1/s1. The maximum atomic E-state index is 12.5. The Balaban J connectivity index is 1.57. The van der Waals surface area contributed by atoms with Gasteiger partial charge in [-0.15, -0.1) is 0 Å². The zero-order valence-electron chi connectivity index (χ0n) is 15.8. The molecule has 2 aliphatic heterocycles. The minimum atomic E-state index is 0.178. The highest BCUT2D eigenvalue weighted by Gasteiger charge is 2.29. The van der Waals surface area contributed by atoms with Crippen molar-refractivity contribution in [3.8, 4) is 0 Å². The van der Waals surface area contributed by atoms with Crippen molar-refractivity contribution < 1.29 is 4.79 Å². The summed E-state index contributed by atoms with van der Waals surface area (Å²) in [5, 5.41) is 6.60. The van der Waals surface area contributed by atoms with Crippen LogP contribution in [0.2, 0.25) is 0 Å². The molecule has 138 valence electrons. The molecule has 2 saturated heterocycles. The monoisotopic (exact) mass is 343 g/mol. The number of benzene rings is 1. The fourth-order valence-corrected chi connectivity index (χ4v) is 4.27. The molecule has 0 bridgehead atoms. The molecular formula is C21H33N3O. The zero-order valence-corrected chi connectivity index (χ0v) is 15.8. The third-order valence-electron chi connectivity index (χ3n) is 5.68. The molecule has 0 aromatic heterocycles. The Bertz CT molecular complexity index is 568. The summed E-state index contributed by atoms with van der Waals surface area (Å²) in [6.07, 6.45) is 4.83. The number of amides is 1. The van der Waals surface area contributed by atoms with E-state index in [2.05, 4.69) is 53.6 Å². The van der Waals surface area contributed by atoms with Crippen molar-refractivity contribution in [3.05, 3.63) is 35.4 Å². The summed E-state index contributed by atoms with van der Waals surface area (Å²) in [5.74, 6) is 1.43. The molecular weight excluding hydrogens is 310 g/mol. The predicted octanol–water partition coefficient (Wildman–Crippen LogP) is 2.88. The summed E-state index contributed by atoms with van der Waals surface area (Å²) in [5.41, 5.74) is 2.65. The van der Waals surface area contributed by atoms with E-state index in [0.29, 0.717) is 24.4 Å². The molecule has 2 heterocycles. The third-order valence-corrected chi connectivity index (χ3v) is 5.68. The predicted molar refractivity (Wildman–Crippen MR) is 102 cm³/mol. The van der Waals surface area contributed by atoms with Gasteiger partial charge in [-0.05, 0) is 63.1 Å². The van der Waals surface area contributed by atoms with Gasteiger partial charge in [0.1, 0.15) is 0 Å². The Morgan fingerprint density at radius 2 is 2.20 bits per heavy atom. The van der Waals surface area contributed by atoms with Crippen LogP contribution >= 0.6 is 0 Å². The molecule has 4 heteroatoms. The van der Waals surface area contributed by atoms with E-state index in [1.807, 2.05) is 0 Å². The van der Waals surface area contributed by atoms with E-state index in [4.69, 9.17) is 0 Å². The van der Waals surface area contributed by atoms with Crippen molar-refractivity contribution in [3.63, 3.8) is 0 Å². The van der Waals surface area contributed by atoms with Crippen molar-refractivity contribution in [2.75, 3.05) is 32.7 Å². The van der Waals surface area contributed by atoms with Gasteiger partial charge < -0.3 is 10.6 Å². The third kappa shape index (κ3) is 5.29. The first-order valence-electron chi connectivity index (χ1n) is 9.90. The Morgan fingerprint density at radius 1 is 1.32 bits per heavy atom. The average molecular weight is 344 g/mol. The lowest BCUT2D eigenvalue weighted by molar-refractivity contribution is -0.123. The lowest BCUT2D eigenvalue weighted by atomic mass is 9.89. The molecule has 25 heavy (non-hydrogen) atoms. The summed E-state index contributed by atoms with van der Waals surface area (Å²) >= 11 is 0. The highest BCUT2D eigenvalue weighted by Crippen LogP contribution is 2.33. The summed E-state index contributed by atoms with van der Waals surface area (Å²) in [7, 11) is 0. The molecule has 0 radical (unpaired) electrons. The van der Waals surface area contributed by atoms with Gasteiger partial charge in [-0.25, -0.2) is 0 Å². The topological polar surface area (TPSA) is 44.4 Å². The van der Waals surface area contributed by atoms with Crippen molar-refractivity contribution in [2.24, 2.45) is 11.8 Å². The van der Waals surface area contributed by atoms with Crippen molar-refractivity contribution in [1.29, 1.82) is 0 Å². The van der Waals surface area contributed by atoms with Crippen molar-refractivity contribution in [2.45, 2.75) is 45.6 Å². The first-order valence-corrected chi connectivity index (χ1v) is 9.90. The number of nitrogens with one attached hydrogen (secondary N) is 2. The van der Waals surface area contributed by atoms with Gasteiger partial charge in [0, 0.05) is 19.1 Å². The number of aryl methyl sites for hydroxylation is 1. The number of hydrogen-bond acceptors (Lipinski definition) is 3. The molecule has 1 amide bonds. The second kappa shape index (κ2) is 8.81. The minimum Gasteiger partial charge on any atom is -0.355 e. The minimum absolute atomic E-state index is 0.178. The van der Waals surface area contributed by atoms with Gasteiger partial charge in [0.2, 0.25) is 5.91 Å². The molecule has 2 aliphatic rings. The Labute approximate surface area is 152 Å². The van der Waals surface area contributed by atoms with Crippen LogP contribution < -0.4 is 10.6 Å². The van der Waals surface area contributed by atoms with Gasteiger partial charge in [-0.3, -0.25) is 9.69 Å². The molecule has 0 saturated carbocycles. The van der Waals surface area contributed by atoms with Crippen LogP contribution in [0, 0.1) is 18.8 Å². The van der Waals surface area contributed by atoms with Crippen LogP contribution in [0.4, 0.5) is 0 Å². The van der Waals surface area contributed by atoms with Crippen LogP contribution in [0.25, 0.3) is 0 Å². The summed E-state index contributed by atoms with van der Waals surface area (Å²) in [6, 6.07) is 9.14. The molecule has 1 aromatic rings. The molecule has 2 N–H and O–H groups in total. The first kappa shape index (κ1) is 18.4. The van der Waals surface area contributed by atoms with Gasteiger partial charge in [0.15, 0.2) is 0 Å². The summed E-state index contributed by atoms with van der Waals surface area (Å²) < 4.78 is 0. The molecule has 4 nitrogen and oxygen atoms in total. The van der Waals surface area contributed by atoms with Gasteiger partial charge in [0.05, 0.1) is 6.54 Å². The average Bonchev–Trinajstić information content (AvgIpc) is 2.61. The van der Waals surface area contributed by atoms with Gasteiger partial charge in [-0.2, -0.15) is 0 Å². The van der Waals surface area contributed by atoms with E-state index in [1.54, 1.807) is 0 Å². The van der Waals surface area contributed by atoms with Crippen LogP contribution in [-0.4, -0.2) is 43.5 Å². The summed E-state index contributed by atoms with van der Waals surface area (Å²) in [6.45, 7) is 8.93. The SMILES string of the molecule is Cc1cccc([C@@H]2CC[C@@H](C)CN2CC(=O)NCC2CCCNC2)c1. The van der Waals surface area contributed by atoms with Gasteiger partial charge in [-0.1, -0.05) is 36.8 Å². The van der Waals surface area contributed by atoms with E-state index < -0.39 is 0 Å². The van der Waals surface area contributed by atoms with Crippen LogP contribution in [0.3, 0.4) is 0 Å². The number of carbonyl (C=O) groups is 1. The van der Waals surface area contributed by atoms with Crippen LogP contribution in [-0.2, 0) is 4.79 Å². The largest absolute Gasteiger partial charge is 0.355 e. The van der Waals surface area contributed by atoms with Crippen LogP contribution in [0.1, 0.15) is 49.8 Å².